The Morgan fingerprint density at radius 1 is 1.28 bits per heavy atom. The van der Waals surface area contributed by atoms with E-state index in [9.17, 15) is 0 Å². The third-order valence-electron chi connectivity index (χ3n) is 2.37. The van der Waals surface area contributed by atoms with Gasteiger partial charge in [-0.15, -0.1) is 0 Å². The average molecular weight is 265 g/mol. The number of nitrogens with two attached hydrogens (primary N) is 1. The first-order chi connectivity index (χ1) is 8.72. The lowest BCUT2D eigenvalue weighted by molar-refractivity contribution is 0.408. The summed E-state index contributed by atoms with van der Waals surface area (Å²) in [5.41, 5.74) is 6.54. The van der Waals surface area contributed by atoms with Crippen LogP contribution in [0.2, 0.25) is 5.02 Å². The SMILES string of the molecule is COc1cc(CN)cc(Oc2ccncc2Cl)c1. The summed E-state index contributed by atoms with van der Waals surface area (Å²) >= 11 is 5.98. The molecule has 1 aromatic heterocycles. The van der Waals surface area contributed by atoms with Gasteiger partial charge in [-0.1, -0.05) is 11.6 Å². The summed E-state index contributed by atoms with van der Waals surface area (Å²) in [6, 6.07) is 7.18. The van der Waals surface area contributed by atoms with Gasteiger partial charge in [-0.3, -0.25) is 4.98 Å². The number of ether oxygens (including phenoxy) is 2. The molecule has 0 amide bonds. The smallest absolute Gasteiger partial charge is 0.149 e. The normalized spacial score (nSPS) is 10.2. The van der Waals surface area contributed by atoms with Crippen LogP contribution in [-0.4, -0.2) is 12.1 Å². The number of rotatable bonds is 4. The number of nitrogens with zero attached hydrogens (tertiary/aromatic N) is 1. The van der Waals surface area contributed by atoms with Gasteiger partial charge in [0.05, 0.1) is 7.11 Å². The van der Waals surface area contributed by atoms with Crippen LogP contribution in [0, 0.1) is 0 Å². The minimum atomic E-state index is 0.414. The van der Waals surface area contributed by atoms with Crippen LogP contribution < -0.4 is 15.2 Å². The largest absolute Gasteiger partial charge is 0.497 e. The molecule has 0 aliphatic carbocycles. The number of hydrogen-bond donors (Lipinski definition) is 1. The lowest BCUT2D eigenvalue weighted by Gasteiger charge is -2.10. The Hall–Kier alpha value is -1.78. The average Bonchev–Trinajstić information content (AvgIpc) is 2.41. The number of hydrogen-bond acceptors (Lipinski definition) is 4. The summed E-state index contributed by atoms with van der Waals surface area (Å²) in [5, 5.41) is 0.453. The molecule has 0 radical (unpaired) electrons. The zero-order valence-electron chi connectivity index (χ0n) is 9.89. The fourth-order valence-corrected chi connectivity index (χ4v) is 1.66. The van der Waals surface area contributed by atoms with Crippen LogP contribution in [0.4, 0.5) is 0 Å². The highest BCUT2D eigenvalue weighted by molar-refractivity contribution is 6.31. The van der Waals surface area contributed by atoms with Crippen molar-refractivity contribution in [1.82, 2.24) is 4.98 Å². The van der Waals surface area contributed by atoms with Gasteiger partial charge in [0, 0.05) is 31.1 Å². The molecule has 2 rings (SSSR count). The Morgan fingerprint density at radius 3 is 2.72 bits per heavy atom. The molecule has 94 valence electrons. The summed E-state index contributed by atoms with van der Waals surface area (Å²) in [6.07, 6.45) is 3.14. The Labute approximate surface area is 110 Å². The van der Waals surface area contributed by atoms with E-state index in [-0.39, 0.29) is 0 Å². The first-order valence-electron chi connectivity index (χ1n) is 5.38. The van der Waals surface area contributed by atoms with E-state index in [4.69, 9.17) is 26.8 Å². The summed E-state index contributed by atoms with van der Waals surface area (Å²) in [6.45, 7) is 0.414. The van der Waals surface area contributed by atoms with Gasteiger partial charge < -0.3 is 15.2 Å². The topological polar surface area (TPSA) is 57.4 Å². The fourth-order valence-electron chi connectivity index (χ4n) is 1.50. The van der Waals surface area contributed by atoms with Crippen molar-refractivity contribution in [2.45, 2.75) is 6.54 Å². The van der Waals surface area contributed by atoms with Crippen LogP contribution in [0.25, 0.3) is 0 Å². The number of methoxy groups -OCH3 is 1. The van der Waals surface area contributed by atoms with Gasteiger partial charge in [-0.05, 0) is 17.7 Å². The molecule has 0 saturated heterocycles. The highest BCUT2D eigenvalue weighted by atomic mass is 35.5. The molecule has 18 heavy (non-hydrogen) atoms. The minimum Gasteiger partial charge on any atom is -0.497 e. The van der Waals surface area contributed by atoms with Crippen LogP contribution in [0.1, 0.15) is 5.56 Å². The third-order valence-corrected chi connectivity index (χ3v) is 2.66. The maximum atomic E-state index is 5.98. The molecule has 2 N–H and O–H groups in total. The van der Waals surface area contributed by atoms with E-state index in [1.807, 2.05) is 12.1 Å². The molecule has 0 fully saturated rings. The van der Waals surface area contributed by atoms with E-state index >= 15 is 0 Å². The van der Waals surface area contributed by atoms with Crippen LogP contribution in [0.15, 0.2) is 36.7 Å². The molecule has 0 spiro atoms. The van der Waals surface area contributed by atoms with Crippen molar-refractivity contribution in [3.05, 3.63) is 47.2 Å². The third kappa shape index (κ3) is 2.91. The second-order valence-corrected chi connectivity index (χ2v) is 4.04. The Balaban J connectivity index is 2.31. The van der Waals surface area contributed by atoms with Crippen molar-refractivity contribution in [2.75, 3.05) is 7.11 Å². The maximum absolute atomic E-state index is 5.98. The summed E-state index contributed by atoms with van der Waals surface area (Å²) in [7, 11) is 1.60. The van der Waals surface area contributed by atoms with Crippen molar-refractivity contribution >= 4 is 11.6 Å². The van der Waals surface area contributed by atoms with Gasteiger partial charge in [0.1, 0.15) is 22.3 Å². The molecule has 2 aromatic rings. The number of benzene rings is 1. The molecule has 0 unspecified atom stereocenters. The Morgan fingerprint density at radius 2 is 2.06 bits per heavy atom. The number of halogens is 1. The zero-order chi connectivity index (χ0) is 13.0. The van der Waals surface area contributed by atoms with E-state index in [0.717, 1.165) is 5.56 Å². The van der Waals surface area contributed by atoms with Gasteiger partial charge in [0.2, 0.25) is 0 Å². The molecule has 0 saturated carbocycles. The molecule has 0 atom stereocenters. The fraction of sp³-hybridized carbons (Fsp3) is 0.154. The van der Waals surface area contributed by atoms with Crippen molar-refractivity contribution in [3.63, 3.8) is 0 Å². The monoisotopic (exact) mass is 264 g/mol. The van der Waals surface area contributed by atoms with E-state index in [2.05, 4.69) is 4.98 Å². The molecule has 0 aliphatic rings. The van der Waals surface area contributed by atoms with Crippen LogP contribution in [-0.2, 0) is 6.54 Å². The second-order valence-electron chi connectivity index (χ2n) is 3.63. The second kappa shape index (κ2) is 5.71. The van der Waals surface area contributed by atoms with E-state index in [1.54, 1.807) is 25.4 Å². The van der Waals surface area contributed by atoms with Gasteiger partial charge in [-0.25, -0.2) is 0 Å². The molecule has 1 aromatic carbocycles. The lowest BCUT2D eigenvalue weighted by atomic mass is 10.2. The van der Waals surface area contributed by atoms with Crippen molar-refractivity contribution in [1.29, 1.82) is 0 Å². The van der Waals surface area contributed by atoms with Crippen molar-refractivity contribution < 1.29 is 9.47 Å². The van der Waals surface area contributed by atoms with E-state index < -0.39 is 0 Å². The van der Waals surface area contributed by atoms with Gasteiger partial charge in [0.15, 0.2) is 0 Å². The standard InChI is InChI=1S/C13H13ClN2O2/c1-17-10-4-9(7-15)5-11(6-10)18-13-2-3-16-8-12(13)14/h2-6,8H,7,15H2,1H3. The van der Waals surface area contributed by atoms with Crippen LogP contribution in [0.5, 0.6) is 17.2 Å². The molecule has 0 aliphatic heterocycles. The molecule has 4 nitrogen and oxygen atoms in total. The predicted molar refractivity (Wildman–Crippen MR) is 70.2 cm³/mol. The predicted octanol–water partition coefficient (Wildman–Crippen LogP) is 2.99. The lowest BCUT2D eigenvalue weighted by Crippen LogP contribution is -1.98. The molecule has 5 heteroatoms. The quantitative estimate of drug-likeness (QED) is 0.922. The Kier molecular flexibility index (Phi) is 4.02. The van der Waals surface area contributed by atoms with Crippen LogP contribution >= 0.6 is 11.6 Å². The van der Waals surface area contributed by atoms with Gasteiger partial charge in [-0.2, -0.15) is 0 Å². The van der Waals surface area contributed by atoms with Crippen LogP contribution in [0.3, 0.4) is 0 Å². The zero-order valence-corrected chi connectivity index (χ0v) is 10.6. The minimum absolute atomic E-state index is 0.414. The number of pyridine rings is 1. The van der Waals surface area contributed by atoms with Crippen molar-refractivity contribution in [3.8, 4) is 17.2 Å². The maximum Gasteiger partial charge on any atom is 0.149 e. The summed E-state index contributed by atoms with van der Waals surface area (Å²) in [4.78, 5) is 3.90. The molecular formula is C13H13ClN2O2. The highest BCUT2D eigenvalue weighted by Gasteiger charge is 2.05. The summed E-state index contributed by atoms with van der Waals surface area (Å²) < 4.78 is 10.9. The first-order valence-corrected chi connectivity index (χ1v) is 5.76. The van der Waals surface area contributed by atoms with Crippen molar-refractivity contribution in [2.24, 2.45) is 5.73 Å². The van der Waals surface area contributed by atoms with Gasteiger partial charge in [0.25, 0.3) is 0 Å². The number of aromatic nitrogens is 1. The van der Waals surface area contributed by atoms with E-state index in [0.29, 0.717) is 28.8 Å². The first kappa shape index (κ1) is 12.7. The molecule has 1 heterocycles. The molecular weight excluding hydrogens is 252 g/mol. The Bertz CT molecular complexity index is 524. The summed E-state index contributed by atoms with van der Waals surface area (Å²) in [5.74, 6) is 1.86. The van der Waals surface area contributed by atoms with Gasteiger partial charge >= 0.3 is 0 Å². The molecule has 0 bridgehead atoms. The van der Waals surface area contributed by atoms with E-state index in [1.165, 1.54) is 6.20 Å². The highest BCUT2D eigenvalue weighted by Crippen LogP contribution is 2.31.